The Labute approximate surface area is 201 Å². The summed E-state index contributed by atoms with van der Waals surface area (Å²) in [7, 11) is 0. The van der Waals surface area contributed by atoms with Gasteiger partial charge in [0, 0.05) is 5.92 Å². The summed E-state index contributed by atoms with van der Waals surface area (Å²) in [6, 6.07) is 18.0. The Kier molecular flexibility index (Phi) is 7.10. The van der Waals surface area contributed by atoms with Crippen LogP contribution in [-0.4, -0.2) is 35.7 Å². The number of carboxylic acids is 1. The molecule has 0 fully saturated rings. The second-order valence-electron chi connectivity index (χ2n) is 8.29. The molecule has 0 saturated heterocycles. The summed E-state index contributed by atoms with van der Waals surface area (Å²) in [5, 5.41) is 14.2. The fraction of sp³-hybridized carbons (Fsp3) is 0.222. The molecule has 0 bridgehead atoms. The van der Waals surface area contributed by atoms with Crippen molar-refractivity contribution in [2.75, 3.05) is 11.9 Å². The van der Waals surface area contributed by atoms with E-state index >= 15 is 0 Å². The molecule has 1 aliphatic carbocycles. The Morgan fingerprint density at radius 3 is 2.23 bits per heavy atom. The fourth-order valence-corrected chi connectivity index (χ4v) is 4.34. The number of amides is 2. The highest BCUT2D eigenvalue weighted by atomic mass is 19.1. The average Bonchev–Trinajstić information content (AvgIpc) is 3.17. The van der Waals surface area contributed by atoms with Gasteiger partial charge in [-0.15, -0.1) is 0 Å². The van der Waals surface area contributed by atoms with Crippen LogP contribution in [0.3, 0.4) is 0 Å². The summed E-state index contributed by atoms with van der Waals surface area (Å²) in [6.07, 6.45) is -0.0626. The summed E-state index contributed by atoms with van der Waals surface area (Å²) in [4.78, 5) is 36.7. The number of anilines is 1. The first-order valence-corrected chi connectivity index (χ1v) is 11.3. The maximum Gasteiger partial charge on any atom is 0.411 e. The van der Waals surface area contributed by atoms with Crippen LogP contribution >= 0.6 is 0 Å². The van der Waals surface area contributed by atoms with E-state index in [1.165, 1.54) is 6.07 Å². The van der Waals surface area contributed by atoms with Crippen molar-refractivity contribution < 1.29 is 28.6 Å². The number of benzene rings is 3. The quantitative estimate of drug-likeness (QED) is 0.416. The van der Waals surface area contributed by atoms with Crippen LogP contribution in [0.4, 0.5) is 14.9 Å². The smallest absolute Gasteiger partial charge is 0.411 e. The van der Waals surface area contributed by atoms with E-state index in [4.69, 9.17) is 4.74 Å². The SMILES string of the molecule is CCC[C@@H](NC(=O)c1cc(F)ccc1NC(=O)OCC1c2ccccc2-c2ccccc21)C(=O)O. The van der Waals surface area contributed by atoms with Gasteiger partial charge in [0.2, 0.25) is 0 Å². The zero-order valence-corrected chi connectivity index (χ0v) is 19.1. The minimum atomic E-state index is -1.19. The third-order valence-electron chi connectivity index (χ3n) is 5.99. The molecule has 3 aromatic rings. The van der Waals surface area contributed by atoms with Gasteiger partial charge in [0.1, 0.15) is 18.5 Å². The Morgan fingerprint density at radius 1 is 1.00 bits per heavy atom. The standard InChI is InChI=1S/C27H25FN2O5/c1-2-7-24(26(32)33)29-25(31)21-14-16(28)12-13-23(21)30-27(34)35-15-22-19-10-5-3-8-17(19)18-9-4-6-11-20(18)22/h3-6,8-14,22,24H,2,7,15H2,1H3,(H,29,31)(H,30,34)(H,32,33)/t24-/m1/s1. The maximum absolute atomic E-state index is 13.9. The predicted molar refractivity (Wildman–Crippen MR) is 129 cm³/mol. The lowest BCUT2D eigenvalue weighted by Gasteiger charge is -2.17. The lowest BCUT2D eigenvalue weighted by atomic mass is 9.98. The van der Waals surface area contributed by atoms with Gasteiger partial charge in [0.25, 0.3) is 5.91 Å². The molecule has 35 heavy (non-hydrogen) atoms. The molecule has 0 unspecified atom stereocenters. The van der Waals surface area contributed by atoms with E-state index in [-0.39, 0.29) is 30.2 Å². The molecule has 3 aromatic carbocycles. The Balaban J connectivity index is 1.48. The van der Waals surface area contributed by atoms with E-state index in [2.05, 4.69) is 10.6 Å². The van der Waals surface area contributed by atoms with Crippen LogP contribution in [0.15, 0.2) is 66.7 Å². The average molecular weight is 477 g/mol. The molecule has 8 heteroatoms. The largest absolute Gasteiger partial charge is 0.480 e. The molecule has 0 aliphatic heterocycles. The van der Waals surface area contributed by atoms with Gasteiger partial charge in [-0.3, -0.25) is 10.1 Å². The summed E-state index contributed by atoms with van der Waals surface area (Å²) in [5.74, 6) is -2.84. The zero-order valence-electron chi connectivity index (χ0n) is 19.1. The number of fused-ring (bicyclic) bond motifs is 3. The molecule has 1 aliphatic rings. The van der Waals surface area contributed by atoms with Gasteiger partial charge in [-0.05, 0) is 46.9 Å². The van der Waals surface area contributed by atoms with Crippen LogP contribution in [0.25, 0.3) is 11.1 Å². The molecule has 4 rings (SSSR count). The minimum absolute atomic E-state index is 0.0155. The highest BCUT2D eigenvalue weighted by molar-refractivity contribution is 6.03. The molecular formula is C27H25FN2O5. The highest BCUT2D eigenvalue weighted by Gasteiger charge is 2.29. The second kappa shape index (κ2) is 10.4. The predicted octanol–water partition coefficient (Wildman–Crippen LogP) is 5.17. The second-order valence-corrected chi connectivity index (χ2v) is 8.29. The molecule has 0 heterocycles. The minimum Gasteiger partial charge on any atom is -0.480 e. The van der Waals surface area contributed by atoms with Gasteiger partial charge < -0.3 is 15.2 Å². The molecule has 0 radical (unpaired) electrons. The number of hydrogen-bond donors (Lipinski definition) is 3. The van der Waals surface area contributed by atoms with Gasteiger partial charge >= 0.3 is 12.1 Å². The van der Waals surface area contributed by atoms with Crippen molar-refractivity contribution in [2.45, 2.75) is 31.7 Å². The third-order valence-corrected chi connectivity index (χ3v) is 5.99. The Morgan fingerprint density at radius 2 is 1.63 bits per heavy atom. The van der Waals surface area contributed by atoms with E-state index in [0.29, 0.717) is 6.42 Å². The van der Waals surface area contributed by atoms with Gasteiger partial charge in [-0.25, -0.2) is 14.0 Å². The molecule has 0 aromatic heterocycles. The first-order chi connectivity index (χ1) is 16.9. The van der Waals surface area contributed by atoms with E-state index < -0.39 is 29.8 Å². The number of halogens is 1. The van der Waals surface area contributed by atoms with Crippen LogP contribution in [0, 0.1) is 5.82 Å². The van der Waals surface area contributed by atoms with E-state index in [1.807, 2.05) is 48.5 Å². The van der Waals surface area contributed by atoms with E-state index in [0.717, 1.165) is 34.4 Å². The van der Waals surface area contributed by atoms with Gasteiger partial charge in [0.15, 0.2) is 0 Å². The molecule has 2 amide bonds. The fourth-order valence-electron chi connectivity index (χ4n) is 4.34. The number of aliphatic carboxylic acids is 1. The van der Waals surface area contributed by atoms with Crippen LogP contribution in [-0.2, 0) is 9.53 Å². The van der Waals surface area contributed by atoms with E-state index in [9.17, 15) is 23.9 Å². The summed E-state index contributed by atoms with van der Waals surface area (Å²) >= 11 is 0. The number of carbonyl (C=O) groups excluding carboxylic acids is 2. The molecule has 180 valence electrons. The number of carbonyl (C=O) groups is 3. The first kappa shape index (κ1) is 23.9. The maximum atomic E-state index is 13.9. The lowest BCUT2D eigenvalue weighted by Crippen LogP contribution is -2.41. The molecule has 0 spiro atoms. The molecule has 3 N–H and O–H groups in total. The van der Waals surface area contributed by atoms with Gasteiger partial charge in [0.05, 0.1) is 11.3 Å². The summed E-state index contributed by atoms with van der Waals surface area (Å²) < 4.78 is 19.4. The topological polar surface area (TPSA) is 105 Å². The van der Waals surface area contributed by atoms with E-state index in [1.54, 1.807) is 6.92 Å². The van der Waals surface area contributed by atoms with Crippen LogP contribution in [0.1, 0.15) is 47.2 Å². The van der Waals surface area contributed by atoms with Crippen molar-refractivity contribution in [1.82, 2.24) is 5.32 Å². The van der Waals surface area contributed by atoms with Crippen molar-refractivity contribution >= 4 is 23.7 Å². The first-order valence-electron chi connectivity index (χ1n) is 11.3. The lowest BCUT2D eigenvalue weighted by molar-refractivity contribution is -0.139. The van der Waals surface area contributed by atoms with Crippen molar-refractivity contribution in [3.05, 3.63) is 89.2 Å². The van der Waals surface area contributed by atoms with Crippen LogP contribution < -0.4 is 10.6 Å². The Bertz CT molecular complexity index is 1230. The number of hydrogen-bond acceptors (Lipinski definition) is 4. The van der Waals surface area contributed by atoms with Crippen molar-refractivity contribution in [3.63, 3.8) is 0 Å². The molecular weight excluding hydrogens is 451 g/mol. The van der Waals surface area contributed by atoms with Crippen molar-refractivity contribution in [1.29, 1.82) is 0 Å². The molecule has 1 atom stereocenters. The highest BCUT2D eigenvalue weighted by Crippen LogP contribution is 2.44. The number of ether oxygens (including phenoxy) is 1. The number of nitrogens with one attached hydrogen (secondary N) is 2. The summed E-state index contributed by atoms with van der Waals surface area (Å²) in [6.45, 7) is 1.86. The molecule has 0 saturated carbocycles. The van der Waals surface area contributed by atoms with Gasteiger partial charge in [-0.1, -0.05) is 61.9 Å². The van der Waals surface area contributed by atoms with Crippen LogP contribution in [0.2, 0.25) is 0 Å². The normalized spacial score (nSPS) is 12.9. The zero-order chi connectivity index (χ0) is 24.9. The Hall–Kier alpha value is -4.20. The van der Waals surface area contributed by atoms with Crippen LogP contribution in [0.5, 0.6) is 0 Å². The van der Waals surface area contributed by atoms with Crippen molar-refractivity contribution in [3.8, 4) is 11.1 Å². The molecule has 7 nitrogen and oxygen atoms in total. The van der Waals surface area contributed by atoms with Crippen molar-refractivity contribution in [2.24, 2.45) is 0 Å². The van der Waals surface area contributed by atoms with Gasteiger partial charge in [-0.2, -0.15) is 0 Å². The number of rotatable bonds is 8. The number of carboxylic acid groups (broad SMARTS) is 1. The third kappa shape index (κ3) is 5.16. The summed E-state index contributed by atoms with van der Waals surface area (Å²) in [5.41, 5.74) is 4.12. The monoisotopic (exact) mass is 476 g/mol.